The minimum Gasteiger partial charge on any atom is -0.460 e. The van der Waals surface area contributed by atoms with E-state index in [1.165, 1.54) is 0 Å². The second-order valence-electron chi connectivity index (χ2n) is 2.82. The minimum absolute atomic E-state index is 0.803. The summed E-state index contributed by atoms with van der Waals surface area (Å²) in [6.07, 6.45) is 4.99. The maximum absolute atomic E-state index is 5.38. The SMILES string of the molecule is c1cc2c(ccc3nccoc32)n1. The molecule has 2 aromatic heterocycles. The molecule has 1 aromatic carbocycles. The van der Waals surface area contributed by atoms with Gasteiger partial charge in [-0.05, 0) is 18.2 Å². The van der Waals surface area contributed by atoms with E-state index in [2.05, 4.69) is 9.97 Å². The van der Waals surface area contributed by atoms with Gasteiger partial charge in [0.2, 0.25) is 0 Å². The van der Waals surface area contributed by atoms with Gasteiger partial charge in [0, 0.05) is 11.6 Å². The highest BCUT2D eigenvalue weighted by Crippen LogP contribution is 2.22. The molecule has 0 unspecified atom stereocenters. The normalized spacial score (nSPS) is 11.1. The van der Waals surface area contributed by atoms with Crippen molar-refractivity contribution in [3.8, 4) is 0 Å². The number of rotatable bonds is 0. The molecule has 0 radical (unpaired) electrons. The molecule has 0 bridgehead atoms. The summed E-state index contributed by atoms with van der Waals surface area (Å²) in [6, 6.07) is 5.79. The van der Waals surface area contributed by atoms with Gasteiger partial charge >= 0.3 is 0 Å². The van der Waals surface area contributed by atoms with E-state index in [9.17, 15) is 0 Å². The van der Waals surface area contributed by atoms with Crippen molar-refractivity contribution in [2.24, 2.45) is 0 Å². The van der Waals surface area contributed by atoms with Crippen LogP contribution in [0.4, 0.5) is 0 Å². The molecule has 0 aliphatic carbocycles. The minimum atomic E-state index is 0.803. The third-order valence-corrected chi connectivity index (χ3v) is 2.07. The van der Waals surface area contributed by atoms with Gasteiger partial charge in [-0.2, -0.15) is 0 Å². The number of aromatic nitrogens is 2. The molecule has 0 amide bonds. The van der Waals surface area contributed by atoms with Gasteiger partial charge in [0.1, 0.15) is 11.8 Å². The van der Waals surface area contributed by atoms with Crippen molar-refractivity contribution in [3.63, 3.8) is 0 Å². The maximum Gasteiger partial charge on any atom is 0.161 e. The number of fused-ring (bicyclic) bond motifs is 3. The molecule has 3 rings (SSSR count). The van der Waals surface area contributed by atoms with Crippen LogP contribution in [0.25, 0.3) is 22.0 Å². The smallest absolute Gasteiger partial charge is 0.161 e. The Hall–Kier alpha value is -1.90. The van der Waals surface area contributed by atoms with Crippen molar-refractivity contribution in [2.75, 3.05) is 0 Å². The highest BCUT2D eigenvalue weighted by molar-refractivity contribution is 6.01. The third kappa shape index (κ3) is 0.839. The molecular formula is C10H6N2O. The highest BCUT2D eigenvalue weighted by atomic mass is 16.3. The molecule has 3 heteroatoms. The van der Waals surface area contributed by atoms with Crippen molar-refractivity contribution >= 4 is 22.0 Å². The summed E-state index contributed by atoms with van der Waals surface area (Å²) in [5.41, 5.74) is 2.62. The summed E-state index contributed by atoms with van der Waals surface area (Å²) >= 11 is 0. The molecule has 0 saturated heterocycles. The quantitative estimate of drug-likeness (QED) is 0.520. The second kappa shape index (κ2) is 2.29. The van der Waals surface area contributed by atoms with Gasteiger partial charge in [-0.3, -0.25) is 4.98 Å². The molecule has 0 N–H and O–H groups in total. The molecule has 0 aliphatic rings. The Balaban J connectivity index is 2.65. The lowest BCUT2D eigenvalue weighted by Gasteiger charge is -1.95. The zero-order chi connectivity index (χ0) is 8.67. The van der Waals surface area contributed by atoms with Crippen LogP contribution in [0.15, 0.2) is 41.3 Å². The van der Waals surface area contributed by atoms with Crippen LogP contribution in [-0.4, -0.2) is 9.97 Å². The Morgan fingerprint density at radius 3 is 2.77 bits per heavy atom. The van der Waals surface area contributed by atoms with Crippen molar-refractivity contribution in [3.05, 3.63) is 36.9 Å². The van der Waals surface area contributed by atoms with Gasteiger partial charge in [0.25, 0.3) is 0 Å². The first-order valence-corrected chi connectivity index (χ1v) is 4.02. The Bertz CT molecular complexity index is 571. The number of hydrogen-bond donors (Lipinski definition) is 0. The topological polar surface area (TPSA) is 38.9 Å². The van der Waals surface area contributed by atoms with Crippen molar-refractivity contribution in [2.45, 2.75) is 0 Å². The highest BCUT2D eigenvalue weighted by Gasteiger charge is 2.03. The molecule has 2 heterocycles. The van der Waals surface area contributed by atoms with Gasteiger partial charge in [-0.25, -0.2) is 4.98 Å². The molecule has 13 heavy (non-hydrogen) atoms. The Morgan fingerprint density at radius 2 is 1.77 bits per heavy atom. The monoisotopic (exact) mass is 170 g/mol. The Kier molecular flexibility index (Phi) is 1.16. The zero-order valence-electron chi connectivity index (χ0n) is 6.77. The van der Waals surface area contributed by atoms with Crippen molar-refractivity contribution < 1.29 is 4.42 Å². The lowest BCUT2D eigenvalue weighted by atomic mass is 10.2. The average Bonchev–Trinajstić information content (AvgIpc) is 2.65. The molecule has 0 spiro atoms. The molecule has 62 valence electrons. The molecule has 0 saturated carbocycles. The van der Waals surface area contributed by atoms with Gasteiger partial charge in [0.15, 0.2) is 5.58 Å². The third-order valence-electron chi connectivity index (χ3n) is 2.07. The Morgan fingerprint density at radius 1 is 0.923 bits per heavy atom. The summed E-state index contributed by atoms with van der Waals surface area (Å²) in [4.78, 5) is 8.37. The first-order valence-electron chi connectivity index (χ1n) is 4.02. The van der Waals surface area contributed by atoms with Crippen LogP contribution in [0.3, 0.4) is 0 Å². The summed E-state index contributed by atoms with van der Waals surface area (Å²) in [5, 5.41) is 1.02. The number of nitrogens with zero attached hydrogens (tertiary/aromatic N) is 2. The summed E-state index contributed by atoms with van der Waals surface area (Å²) in [5.74, 6) is 0. The standard InChI is InChI=1S/C10H6N2O/c1-2-9-10(13-6-5-12-9)7-3-4-11-8(1)7/h1-6H. The van der Waals surface area contributed by atoms with Crippen molar-refractivity contribution in [1.29, 1.82) is 0 Å². The van der Waals surface area contributed by atoms with Crippen LogP contribution < -0.4 is 0 Å². The fourth-order valence-corrected chi connectivity index (χ4v) is 1.48. The average molecular weight is 170 g/mol. The fraction of sp³-hybridized carbons (Fsp3) is 0. The maximum atomic E-state index is 5.38. The Labute approximate surface area is 74.0 Å². The molecular weight excluding hydrogens is 164 g/mol. The van der Waals surface area contributed by atoms with Gasteiger partial charge in [-0.1, -0.05) is 0 Å². The van der Waals surface area contributed by atoms with Crippen LogP contribution in [0.1, 0.15) is 0 Å². The van der Waals surface area contributed by atoms with Crippen molar-refractivity contribution in [1.82, 2.24) is 9.97 Å². The number of benzene rings is 1. The van der Waals surface area contributed by atoms with E-state index in [4.69, 9.17) is 4.42 Å². The fourth-order valence-electron chi connectivity index (χ4n) is 1.48. The molecule has 0 atom stereocenters. The lowest BCUT2D eigenvalue weighted by molar-refractivity contribution is 0.601. The largest absolute Gasteiger partial charge is 0.460 e. The molecule has 0 fully saturated rings. The summed E-state index contributed by atoms with van der Waals surface area (Å²) in [6.45, 7) is 0. The lowest BCUT2D eigenvalue weighted by Crippen LogP contribution is -1.77. The predicted molar refractivity (Wildman–Crippen MR) is 49.3 cm³/mol. The van der Waals surface area contributed by atoms with Gasteiger partial charge in [-0.15, -0.1) is 0 Å². The second-order valence-corrected chi connectivity index (χ2v) is 2.82. The van der Waals surface area contributed by atoms with E-state index in [-0.39, 0.29) is 0 Å². The molecule has 3 aromatic rings. The first-order chi connectivity index (χ1) is 6.45. The summed E-state index contributed by atoms with van der Waals surface area (Å²) in [7, 11) is 0. The van der Waals surface area contributed by atoms with E-state index in [1.807, 2.05) is 18.2 Å². The van der Waals surface area contributed by atoms with Gasteiger partial charge < -0.3 is 4.42 Å². The predicted octanol–water partition coefficient (Wildman–Crippen LogP) is 2.38. The van der Waals surface area contributed by atoms with E-state index >= 15 is 0 Å². The van der Waals surface area contributed by atoms with Crippen LogP contribution >= 0.6 is 0 Å². The van der Waals surface area contributed by atoms with Crippen LogP contribution in [0, 0.1) is 0 Å². The van der Waals surface area contributed by atoms with Crippen LogP contribution in [-0.2, 0) is 0 Å². The van der Waals surface area contributed by atoms with Gasteiger partial charge in [0.05, 0.1) is 11.7 Å². The number of hydrogen-bond acceptors (Lipinski definition) is 3. The zero-order valence-corrected chi connectivity index (χ0v) is 6.77. The molecule has 3 nitrogen and oxygen atoms in total. The first kappa shape index (κ1) is 6.60. The van der Waals surface area contributed by atoms with Crippen LogP contribution in [0.2, 0.25) is 0 Å². The summed E-state index contributed by atoms with van der Waals surface area (Å²) < 4.78 is 5.38. The van der Waals surface area contributed by atoms with Crippen LogP contribution in [0.5, 0.6) is 0 Å². The van der Waals surface area contributed by atoms with E-state index in [1.54, 1.807) is 18.7 Å². The van der Waals surface area contributed by atoms with E-state index in [0.29, 0.717) is 0 Å². The van der Waals surface area contributed by atoms with E-state index < -0.39 is 0 Å². The molecule has 0 aliphatic heterocycles. The van der Waals surface area contributed by atoms with E-state index in [0.717, 1.165) is 22.0 Å².